The second kappa shape index (κ2) is 7.14. The molecule has 2 unspecified atom stereocenters. The van der Waals surface area contributed by atoms with Gasteiger partial charge in [-0.05, 0) is 41.7 Å². The molecule has 4 nitrogen and oxygen atoms in total. The molecule has 2 heterocycles. The van der Waals surface area contributed by atoms with Crippen LogP contribution in [-0.4, -0.2) is 46.9 Å². The summed E-state index contributed by atoms with van der Waals surface area (Å²) >= 11 is 6.07. The quantitative estimate of drug-likeness (QED) is 0.845. The van der Waals surface area contributed by atoms with Gasteiger partial charge in [0.05, 0.1) is 0 Å². The van der Waals surface area contributed by atoms with E-state index in [0.29, 0.717) is 11.8 Å². The molecule has 2 aliphatic rings. The fourth-order valence-electron chi connectivity index (χ4n) is 3.68. The van der Waals surface area contributed by atoms with Crippen molar-refractivity contribution >= 4 is 17.5 Å². The van der Waals surface area contributed by atoms with E-state index < -0.39 is 0 Å². The molecule has 2 fully saturated rings. The van der Waals surface area contributed by atoms with Gasteiger partial charge in [0.1, 0.15) is 0 Å². The summed E-state index contributed by atoms with van der Waals surface area (Å²) in [6, 6.07) is 12.0. The van der Waals surface area contributed by atoms with Crippen LogP contribution in [0.1, 0.15) is 23.5 Å². The Morgan fingerprint density at radius 1 is 1.16 bits per heavy atom. The highest BCUT2D eigenvalue weighted by Gasteiger charge is 2.46. The molecular weight excluding hydrogens is 334 g/mol. The van der Waals surface area contributed by atoms with E-state index in [-0.39, 0.29) is 5.92 Å². The number of pyridine rings is 1. The minimum absolute atomic E-state index is 0.142. The van der Waals surface area contributed by atoms with Crippen molar-refractivity contribution in [1.82, 2.24) is 14.8 Å². The van der Waals surface area contributed by atoms with Crippen molar-refractivity contribution in [3.05, 3.63) is 64.9 Å². The molecule has 1 aromatic carbocycles. The molecule has 0 spiro atoms. The minimum Gasteiger partial charge on any atom is -0.340 e. The van der Waals surface area contributed by atoms with Gasteiger partial charge in [-0.3, -0.25) is 14.7 Å². The molecule has 1 saturated heterocycles. The number of aromatic nitrogens is 1. The molecule has 1 aliphatic heterocycles. The zero-order chi connectivity index (χ0) is 17.2. The Morgan fingerprint density at radius 2 is 2.00 bits per heavy atom. The zero-order valence-electron chi connectivity index (χ0n) is 14.1. The summed E-state index contributed by atoms with van der Waals surface area (Å²) in [6.07, 6.45) is 4.67. The second-order valence-corrected chi connectivity index (χ2v) is 7.40. The SMILES string of the molecule is O=C(C1CC1c1cccc(Cl)c1)N1CCN(Cc2cccnc2)CC1. The third kappa shape index (κ3) is 3.86. The van der Waals surface area contributed by atoms with E-state index in [1.54, 1.807) is 6.20 Å². The van der Waals surface area contributed by atoms with Crippen LogP contribution in [0.2, 0.25) is 5.02 Å². The summed E-state index contributed by atoms with van der Waals surface area (Å²) in [7, 11) is 0. The monoisotopic (exact) mass is 355 g/mol. The minimum atomic E-state index is 0.142. The third-order valence-corrected chi connectivity index (χ3v) is 5.43. The summed E-state index contributed by atoms with van der Waals surface area (Å²) in [6.45, 7) is 4.39. The normalized spacial score (nSPS) is 23.5. The second-order valence-electron chi connectivity index (χ2n) is 6.97. The predicted molar refractivity (Wildman–Crippen MR) is 98.4 cm³/mol. The molecule has 0 bridgehead atoms. The van der Waals surface area contributed by atoms with Crippen LogP contribution >= 0.6 is 11.6 Å². The van der Waals surface area contributed by atoms with Crippen molar-refractivity contribution in [1.29, 1.82) is 0 Å². The Morgan fingerprint density at radius 3 is 2.72 bits per heavy atom. The van der Waals surface area contributed by atoms with Crippen LogP contribution in [0.3, 0.4) is 0 Å². The Hall–Kier alpha value is -1.91. The Balaban J connectivity index is 1.29. The number of nitrogens with zero attached hydrogens (tertiary/aromatic N) is 3. The van der Waals surface area contributed by atoms with Gasteiger partial charge in [-0.1, -0.05) is 29.8 Å². The fraction of sp³-hybridized carbons (Fsp3) is 0.400. The van der Waals surface area contributed by atoms with Crippen LogP contribution in [0, 0.1) is 5.92 Å². The number of benzene rings is 1. The molecule has 5 heteroatoms. The van der Waals surface area contributed by atoms with Crippen LogP contribution in [0.25, 0.3) is 0 Å². The topological polar surface area (TPSA) is 36.4 Å². The lowest BCUT2D eigenvalue weighted by atomic mass is 10.1. The number of hydrogen-bond acceptors (Lipinski definition) is 3. The molecule has 1 amide bonds. The largest absolute Gasteiger partial charge is 0.340 e. The highest BCUT2D eigenvalue weighted by atomic mass is 35.5. The van der Waals surface area contributed by atoms with E-state index >= 15 is 0 Å². The van der Waals surface area contributed by atoms with Crippen LogP contribution in [0.5, 0.6) is 0 Å². The van der Waals surface area contributed by atoms with Gasteiger partial charge < -0.3 is 4.90 Å². The summed E-state index contributed by atoms with van der Waals surface area (Å²) in [5, 5.41) is 0.750. The van der Waals surface area contributed by atoms with Crippen molar-refractivity contribution in [2.24, 2.45) is 5.92 Å². The lowest BCUT2D eigenvalue weighted by molar-refractivity contribution is -0.134. The maximum atomic E-state index is 12.8. The first-order valence-corrected chi connectivity index (χ1v) is 9.24. The van der Waals surface area contributed by atoms with E-state index in [4.69, 9.17) is 11.6 Å². The summed E-state index contributed by atoms with van der Waals surface area (Å²) in [4.78, 5) is 21.4. The number of amides is 1. The third-order valence-electron chi connectivity index (χ3n) is 5.20. The molecule has 2 aromatic rings. The van der Waals surface area contributed by atoms with Gasteiger partial charge >= 0.3 is 0 Å². The number of piperazine rings is 1. The van der Waals surface area contributed by atoms with E-state index in [1.165, 1.54) is 11.1 Å². The Bertz CT molecular complexity index is 744. The highest BCUT2D eigenvalue weighted by molar-refractivity contribution is 6.30. The van der Waals surface area contributed by atoms with E-state index in [0.717, 1.165) is 44.2 Å². The van der Waals surface area contributed by atoms with Crippen molar-refractivity contribution in [2.45, 2.75) is 18.9 Å². The maximum Gasteiger partial charge on any atom is 0.226 e. The Kier molecular flexibility index (Phi) is 4.73. The van der Waals surface area contributed by atoms with Gasteiger partial charge in [0, 0.05) is 56.1 Å². The molecule has 1 aliphatic carbocycles. The maximum absolute atomic E-state index is 12.8. The number of hydrogen-bond donors (Lipinski definition) is 0. The lowest BCUT2D eigenvalue weighted by Crippen LogP contribution is -2.48. The highest BCUT2D eigenvalue weighted by Crippen LogP contribution is 2.48. The lowest BCUT2D eigenvalue weighted by Gasteiger charge is -2.35. The summed E-state index contributed by atoms with van der Waals surface area (Å²) in [5.41, 5.74) is 2.42. The molecule has 0 N–H and O–H groups in total. The predicted octanol–water partition coefficient (Wildman–Crippen LogP) is 3.18. The smallest absolute Gasteiger partial charge is 0.226 e. The number of halogens is 1. The zero-order valence-corrected chi connectivity index (χ0v) is 14.9. The molecule has 0 radical (unpaired) electrons. The van der Waals surface area contributed by atoms with Gasteiger partial charge in [0.25, 0.3) is 0 Å². The molecule has 25 heavy (non-hydrogen) atoms. The van der Waals surface area contributed by atoms with Gasteiger partial charge in [-0.25, -0.2) is 0 Å². The first kappa shape index (κ1) is 16.6. The number of carbonyl (C=O) groups is 1. The Labute approximate surface area is 153 Å². The van der Waals surface area contributed by atoms with Crippen LogP contribution in [0.4, 0.5) is 0 Å². The molecular formula is C20H22ClN3O. The van der Waals surface area contributed by atoms with Gasteiger partial charge in [0.2, 0.25) is 5.91 Å². The van der Waals surface area contributed by atoms with Crippen molar-refractivity contribution in [3.8, 4) is 0 Å². The van der Waals surface area contributed by atoms with Crippen LogP contribution in [0.15, 0.2) is 48.8 Å². The van der Waals surface area contributed by atoms with Crippen molar-refractivity contribution < 1.29 is 4.79 Å². The van der Waals surface area contributed by atoms with Gasteiger partial charge in [0.15, 0.2) is 0 Å². The van der Waals surface area contributed by atoms with Gasteiger partial charge in [-0.15, -0.1) is 0 Å². The molecule has 1 saturated carbocycles. The first-order chi connectivity index (χ1) is 12.2. The average molecular weight is 356 g/mol. The van der Waals surface area contributed by atoms with E-state index in [2.05, 4.69) is 22.0 Å². The molecule has 4 rings (SSSR count). The van der Waals surface area contributed by atoms with Crippen molar-refractivity contribution in [2.75, 3.05) is 26.2 Å². The summed E-state index contributed by atoms with van der Waals surface area (Å²) in [5.74, 6) is 0.800. The average Bonchev–Trinajstić information content (AvgIpc) is 3.43. The first-order valence-electron chi connectivity index (χ1n) is 8.86. The van der Waals surface area contributed by atoms with Crippen LogP contribution in [-0.2, 0) is 11.3 Å². The summed E-state index contributed by atoms with van der Waals surface area (Å²) < 4.78 is 0. The number of carbonyl (C=O) groups excluding carboxylic acids is 1. The van der Waals surface area contributed by atoms with Crippen LogP contribution < -0.4 is 0 Å². The van der Waals surface area contributed by atoms with Gasteiger partial charge in [-0.2, -0.15) is 0 Å². The van der Waals surface area contributed by atoms with E-state index in [9.17, 15) is 4.79 Å². The fourth-order valence-corrected chi connectivity index (χ4v) is 3.88. The van der Waals surface area contributed by atoms with Crippen molar-refractivity contribution in [3.63, 3.8) is 0 Å². The standard InChI is InChI=1S/C20H22ClN3O/c21-17-5-1-4-16(11-17)18-12-19(18)20(25)24-9-7-23(8-10-24)14-15-3-2-6-22-13-15/h1-6,11,13,18-19H,7-10,12,14H2. The van der Waals surface area contributed by atoms with E-state index in [1.807, 2.05) is 35.4 Å². The molecule has 130 valence electrons. The number of rotatable bonds is 4. The molecule has 2 atom stereocenters. The molecule has 1 aromatic heterocycles.